The molecule has 0 fully saturated rings. The van der Waals surface area contributed by atoms with Gasteiger partial charge in [-0.1, -0.05) is 36.4 Å². The lowest BCUT2D eigenvalue weighted by Crippen LogP contribution is -2.32. The van der Waals surface area contributed by atoms with E-state index in [1.807, 2.05) is 42.5 Å². The smallest absolute Gasteiger partial charge is 0.278 e. The van der Waals surface area contributed by atoms with E-state index >= 15 is 0 Å². The first-order chi connectivity index (χ1) is 14.2. The number of ether oxygens (including phenoxy) is 1. The van der Waals surface area contributed by atoms with Crippen LogP contribution in [0.25, 0.3) is 5.57 Å². The fraction of sp³-hybridized carbons (Fsp3) is 0.0870. The van der Waals surface area contributed by atoms with Gasteiger partial charge in [0.2, 0.25) is 0 Å². The molecule has 1 N–H and O–H groups in total. The van der Waals surface area contributed by atoms with Crippen LogP contribution in [0.5, 0.6) is 5.75 Å². The quantitative estimate of drug-likeness (QED) is 0.658. The Labute approximate surface area is 168 Å². The molecule has 0 unspecified atom stereocenters. The van der Waals surface area contributed by atoms with E-state index in [0.29, 0.717) is 16.9 Å². The Balaban J connectivity index is 1.78. The first-order valence-electron chi connectivity index (χ1n) is 9.14. The molecular formula is C23H19N3O3. The number of amides is 2. The molecule has 1 aromatic heterocycles. The Morgan fingerprint density at radius 1 is 0.897 bits per heavy atom. The van der Waals surface area contributed by atoms with Crippen molar-refractivity contribution in [3.05, 3.63) is 95.9 Å². The third-order valence-corrected chi connectivity index (χ3v) is 4.68. The van der Waals surface area contributed by atoms with Gasteiger partial charge in [0.05, 0.1) is 19.2 Å². The van der Waals surface area contributed by atoms with Crippen molar-refractivity contribution in [1.29, 1.82) is 0 Å². The van der Waals surface area contributed by atoms with Crippen LogP contribution < -0.4 is 10.1 Å². The SMILES string of the molecule is COc1ccccc1C1=C(Nc2ccccc2)C(=O)N(Cc2ccncc2)C1=O. The number of carbonyl (C=O) groups is 2. The highest BCUT2D eigenvalue weighted by Gasteiger charge is 2.40. The molecule has 0 atom stereocenters. The molecule has 3 aromatic rings. The van der Waals surface area contributed by atoms with Gasteiger partial charge in [-0.15, -0.1) is 0 Å². The van der Waals surface area contributed by atoms with E-state index in [2.05, 4.69) is 10.3 Å². The molecule has 1 aliphatic rings. The van der Waals surface area contributed by atoms with Crippen molar-refractivity contribution in [2.45, 2.75) is 6.54 Å². The van der Waals surface area contributed by atoms with Crippen LogP contribution >= 0.6 is 0 Å². The molecule has 4 rings (SSSR count). The van der Waals surface area contributed by atoms with E-state index in [4.69, 9.17) is 4.74 Å². The summed E-state index contributed by atoms with van der Waals surface area (Å²) >= 11 is 0. The maximum atomic E-state index is 13.3. The number of aromatic nitrogens is 1. The number of benzene rings is 2. The highest BCUT2D eigenvalue weighted by molar-refractivity contribution is 6.36. The van der Waals surface area contributed by atoms with E-state index in [-0.39, 0.29) is 24.1 Å². The summed E-state index contributed by atoms with van der Waals surface area (Å²) in [5, 5.41) is 3.14. The first-order valence-corrected chi connectivity index (χ1v) is 9.14. The van der Waals surface area contributed by atoms with Crippen LogP contribution in [-0.4, -0.2) is 28.8 Å². The summed E-state index contributed by atoms with van der Waals surface area (Å²) < 4.78 is 5.44. The van der Waals surface area contributed by atoms with Crippen molar-refractivity contribution in [3.8, 4) is 5.75 Å². The van der Waals surface area contributed by atoms with Gasteiger partial charge < -0.3 is 10.1 Å². The van der Waals surface area contributed by atoms with Crippen LogP contribution in [0.15, 0.2) is 84.8 Å². The summed E-state index contributed by atoms with van der Waals surface area (Å²) in [7, 11) is 1.54. The zero-order valence-electron chi connectivity index (χ0n) is 15.8. The van der Waals surface area contributed by atoms with Gasteiger partial charge in [0.15, 0.2) is 0 Å². The summed E-state index contributed by atoms with van der Waals surface area (Å²) in [4.78, 5) is 31.8. The molecule has 0 saturated heterocycles. The Morgan fingerprint density at radius 3 is 2.31 bits per heavy atom. The van der Waals surface area contributed by atoms with E-state index in [1.54, 1.807) is 43.8 Å². The molecule has 2 amide bonds. The van der Waals surface area contributed by atoms with Gasteiger partial charge in [0, 0.05) is 23.6 Å². The second-order valence-corrected chi connectivity index (χ2v) is 6.49. The second kappa shape index (κ2) is 7.98. The fourth-order valence-corrected chi connectivity index (χ4v) is 3.27. The van der Waals surface area contributed by atoms with Crippen LogP contribution in [0.1, 0.15) is 11.1 Å². The minimum absolute atomic E-state index is 0.165. The molecule has 144 valence electrons. The number of nitrogens with zero attached hydrogens (tertiary/aromatic N) is 2. The summed E-state index contributed by atoms with van der Waals surface area (Å²) in [6, 6.07) is 20.1. The fourth-order valence-electron chi connectivity index (χ4n) is 3.27. The van der Waals surface area contributed by atoms with Gasteiger partial charge in [-0.2, -0.15) is 0 Å². The summed E-state index contributed by atoms with van der Waals surface area (Å²) in [5.74, 6) is -0.215. The molecule has 0 spiro atoms. The average molecular weight is 385 g/mol. The number of pyridine rings is 1. The molecule has 6 heteroatoms. The topological polar surface area (TPSA) is 71.5 Å². The highest BCUT2D eigenvalue weighted by Crippen LogP contribution is 2.35. The number of nitrogens with one attached hydrogen (secondary N) is 1. The van der Waals surface area contributed by atoms with Crippen molar-refractivity contribution in [2.24, 2.45) is 0 Å². The van der Waals surface area contributed by atoms with Crippen molar-refractivity contribution >= 4 is 23.1 Å². The van der Waals surface area contributed by atoms with Gasteiger partial charge >= 0.3 is 0 Å². The predicted octanol–water partition coefficient (Wildman–Crippen LogP) is 3.48. The maximum Gasteiger partial charge on any atom is 0.278 e. The van der Waals surface area contributed by atoms with Crippen LogP contribution in [0.2, 0.25) is 0 Å². The van der Waals surface area contributed by atoms with Gasteiger partial charge in [-0.05, 0) is 35.9 Å². The summed E-state index contributed by atoms with van der Waals surface area (Å²) in [5.41, 5.74) is 2.65. The molecular weight excluding hydrogens is 366 g/mol. The molecule has 0 saturated carbocycles. The molecule has 1 aliphatic heterocycles. The third-order valence-electron chi connectivity index (χ3n) is 4.68. The van der Waals surface area contributed by atoms with E-state index in [0.717, 1.165) is 11.3 Å². The Hall–Kier alpha value is -3.93. The Morgan fingerprint density at radius 2 is 1.59 bits per heavy atom. The number of rotatable bonds is 6. The lowest BCUT2D eigenvalue weighted by Gasteiger charge is -2.15. The standard InChI is InChI=1S/C23H19N3O3/c1-29-19-10-6-5-9-18(19)20-21(25-17-7-3-2-4-8-17)23(28)26(22(20)27)15-16-11-13-24-14-12-16/h2-14,25H,15H2,1H3. The molecule has 0 bridgehead atoms. The number of imide groups is 1. The number of para-hydroxylation sites is 2. The van der Waals surface area contributed by atoms with Gasteiger partial charge in [0.1, 0.15) is 11.4 Å². The minimum atomic E-state index is -0.378. The van der Waals surface area contributed by atoms with Crippen LogP contribution in [0.4, 0.5) is 5.69 Å². The molecule has 0 radical (unpaired) electrons. The lowest BCUT2D eigenvalue weighted by molar-refractivity contribution is -0.137. The second-order valence-electron chi connectivity index (χ2n) is 6.49. The largest absolute Gasteiger partial charge is 0.496 e. The van der Waals surface area contributed by atoms with Gasteiger partial charge in [-0.25, -0.2) is 0 Å². The maximum absolute atomic E-state index is 13.3. The first kappa shape index (κ1) is 18.4. The van der Waals surface area contributed by atoms with Crippen LogP contribution in [0, 0.1) is 0 Å². The van der Waals surface area contributed by atoms with E-state index < -0.39 is 0 Å². The third kappa shape index (κ3) is 3.60. The predicted molar refractivity (Wildman–Crippen MR) is 110 cm³/mol. The Bertz CT molecular complexity index is 1080. The minimum Gasteiger partial charge on any atom is -0.496 e. The lowest BCUT2D eigenvalue weighted by atomic mass is 10.0. The molecule has 2 aromatic carbocycles. The highest BCUT2D eigenvalue weighted by atomic mass is 16.5. The van der Waals surface area contributed by atoms with E-state index in [1.165, 1.54) is 4.90 Å². The number of hydrogen-bond acceptors (Lipinski definition) is 5. The van der Waals surface area contributed by atoms with E-state index in [9.17, 15) is 9.59 Å². The van der Waals surface area contributed by atoms with Gasteiger partial charge in [0.25, 0.3) is 11.8 Å². The summed E-state index contributed by atoms with van der Waals surface area (Å²) in [6.45, 7) is 0.165. The number of anilines is 1. The monoisotopic (exact) mass is 385 g/mol. The number of hydrogen-bond donors (Lipinski definition) is 1. The van der Waals surface area contributed by atoms with Crippen molar-refractivity contribution in [1.82, 2.24) is 9.88 Å². The Kier molecular flexibility index (Phi) is 5.07. The average Bonchev–Trinajstić information content (AvgIpc) is 2.99. The van der Waals surface area contributed by atoms with Crippen molar-refractivity contribution in [2.75, 3.05) is 12.4 Å². The zero-order chi connectivity index (χ0) is 20.2. The molecule has 0 aliphatic carbocycles. The molecule has 6 nitrogen and oxygen atoms in total. The van der Waals surface area contributed by atoms with Gasteiger partial charge in [-0.3, -0.25) is 19.5 Å². The normalized spacial score (nSPS) is 13.8. The van der Waals surface area contributed by atoms with Crippen LogP contribution in [0.3, 0.4) is 0 Å². The van der Waals surface area contributed by atoms with Crippen molar-refractivity contribution in [3.63, 3.8) is 0 Å². The van der Waals surface area contributed by atoms with Crippen LogP contribution in [-0.2, 0) is 16.1 Å². The number of carbonyl (C=O) groups excluding carboxylic acids is 2. The summed E-state index contributed by atoms with van der Waals surface area (Å²) in [6.07, 6.45) is 3.27. The molecule has 2 heterocycles. The molecule has 29 heavy (non-hydrogen) atoms. The van der Waals surface area contributed by atoms with Crippen molar-refractivity contribution < 1.29 is 14.3 Å². The zero-order valence-corrected chi connectivity index (χ0v) is 15.8. The number of methoxy groups -OCH3 is 1.